The monoisotopic (exact) mass is 423 g/mol. The Kier molecular flexibility index (Phi) is 5.59. The fourth-order valence-electron chi connectivity index (χ4n) is 4.15. The molecule has 4 rings (SSSR count). The second-order valence-corrected chi connectivity index (χ2v) is 7.51. The highest BCUT2D eigenvalue weighted by molar-refractivity contribution is 5.84. The normalized spacial score (nSPS) is 18.2. The number of amidine groups is 1. The highest BCUT2D eigenvalue weighted by atomic mass is 19.3. The maximum atomic E-state index is 12.6. The van der Waals surface area contributed by atoms with Gasteiger partial charge in [-0.1, -0.05) is 24.3 Å². The molecule has 3 aromatic rings. The zero-order valence-corrected chi connectivity index (χ0v) is 17.3. The van der Waals surface area contributed by atoms with Crippen LogP contribution in [0.25, 0.3) is 11.1 Å². The minimum Gasteiger partial charge on any atom is -0.495 e. The van der Waals surface area contributed by atoms with Gasteiger partial charge >= 0.3 is 6.61 Å². The van der Waals surface area contributed by atoms with Crippen molar-refractivity contribution in [2.24, 2.45) is 10.7 Å². The van der Waals surface area contributed by atoms with E-state index in [4.69, 9.17) is 15.5 Å². The molecular weight excluding hydrogens is 400 g/mol. The lowest BCUT2D eigenvalue weighted by Crippen LogP contribution is -2.24. The van der Waals surface area contributed by atoms with Crippen LogP contribution in [0, 0.1) is 6.92 Å². The molecule has 5 nitrogen and oxygen atoms in total. The first-order chi connectivity index (χ1) is 14.9. The van der Waals surface area contributed by atoms with Crippen LogP contribution in [-0.4, -0.2) is 24.5 Å². The van der Waals surface area contributed by atoms with Gasteiger partial charge in [-0.05, 0) is 59.9 Å². The van der Waals surface area contributed by atoms with E-state index >= 15 is 0 Å². The van der Waals surface area contributed by atoms with Gasteiger partial charge in [-0.3, -0.25) is 9.98 Å². The number of hydrogen-bond donors (Lipinski definition) is 1. The molecule has 0 spiro atoms. The van der Waals surface area contributed by atoms with Crippen molar-refractivity contribution in [3.8, 4) is 22.6 Å². The third-order valence-corrected chi connectivity index (χ3v) is 5.57. The number of methoxy groups -OCH3 is 1. The highest BCUT2D eigenvalue weighted by Crippen LogP contribution is 2.44. The molecule has 0 saturated heterocycles. The van der Waals surface area contributed by atoms with E-state index in [2.05, 4.69) is 15.8 Å². The summed E-state index contributed by atoms with van der Waals surface area (Å²) in [4.78, 5) is 9.09. The van der Waals surface area contributed by atoms with Crippen molar-refractivity contribution >= 4 is 5.84 Å². The Morgan fingerprint density at radius 2 is 1.87 bits per heavy atom. The molecule has 0 saturated carbocycles. The number of aryl methyl sites for hydroxylation is 1. The molecule has 1 aromatic heterocycles. The van der Waals surface area contributed by atoms with Crippen LogP contribution in [0.2, 0.25) is 0 Å². The van der Waals surface area contributed by atoms with E-state index in [1.807, 2.05) is 31.2 Å². The lowest BCUT2D eigenvalue weighted by Gasteiger charge is -2.29. The molecular formula is C24H23F2N3O2. The summed E-state index contributed by atoms with van der Waals surface area (Å²) < 4.78 is 35.1. The summed E-state index contributed by atoms with van der Waals surface area (Å²) in [6.07, 6.45) is 4.78. The SMILES string of the molecule is COc1cncc(-c2cccc(C3(c4ccc(OC(F)F)cc4C)CCC(N)=N3)c2)c1. The van der Waals surface area contributed by atoms with Crippen LogP contribution in [0.15, 0.2) is 65.9 Å². The molecule has 31 heavy (non-hydrogen) atoms. The summed E-state index contributed by atoms with van der Waals surface area (Å²) >= 11 is 0. The predicted octanol–water partition coefficient (Wildman–Crippen LogP) is 5.06. The Morgan fingerprint density at radius 3 is 2.55 bits per heavy atom. The van der Waals surface area contributed by atoms with Gasteiger partial charge in [0.05, 0.1) is 19.1 Å². The van der Waals surface area contributed by atoms with Crippen molar-refractivity contribution < 1.29 is 18.3 Å². The third kappa shape index (κ3) is 4.08. The number of pyridine rings is 1. The number of rotatable bonds is 6. The molecule has 160 valence electrons. The topological polar surface area (TPSA) is 69.7 Å². The number of halogens is 2. The molecule has 2 N–H and O–H groups in total. The largest absolute Gasteiger partial charge is 0.495 e. The Balaban J connectivity index is 1.81. The molecule has 7 heteroatoms. The number of hydrogen-bond acceptors (Lipinski definition) is 5. The van der Waals surface area contributed by atoms with Crippen LogP contribution in [0.4, 0.5) is 8.78 Å². The molecule has 2 aromatic carbocycles. The van der Waals surface area contributed by atoms with Gasteiger partial charge in [0.2, 0.25) is 0 Å². The van der Waals surface area contributed by atoms with E-state index in [0.717, 1.165) is 27.8 Å². The summed E-state index contributed by atoms with van der Waals surface area (Å²) in [5.74, 6) is 1.37. The quantitative estimate of drug-likeness (QED) is 0.602. The van der Waals surface area contributed by atoms with Gasteiger partial charge < -0.3 is 15.2 Å². The van der Waals surface area contributed by atoms with E-state index < -0.39 is 12.2 Å². The van der Waals surface area contributed by atoms with Crippen LogP contribution in [0.5, 0.6) is 11.5 Å². The molecule has 1 atom stereocenters. The second-order valence-electron chi connectivity index (χ2n) is 7.51. The Morgan fingerprint density at radius 1 is 1.03 bits per heavy atom. The fourth-order valence-corrected chi connectivity index (χ4v) is 4.15. The lowest BCUT2D eigenvalue weighted by atomic mass is 9.78. The molecule has 0 aliphatic carbocycles. The van der Waals surface area contributed by atoms with Crippen molar-refractivity contribution in [1.82, 2.24) is 4.98 Å². The maximum absolute atomic E-state index is 12.6. The first-order valence-corrected chi connectivity index (χ1v) is 9.91. The van der Waals surface area contributed by atoms with Crippen molar-refractivity contribution in [2.75, 3.05) is 7.11 Å². The van der Waals surface area contributed by atoms with Gasteiger partial charge in [-0.25, -0.2) is 0 Å². The Bertz CT molecular complexity index is 1130. The number of aliphatic imine (C=N–C) groups is 1. The second kappa shape index (κ2) is 8.34. The summed E-state index contributed by atoms with van der Waals surface area (Å²) in [7, 11) is 1.60. The molecule has 2 heterocycles. The summed E-state index contributed by atoms with van der Waals surface area (Å²) in [5, 5.41) is 0. The predicted molar refractivity (Wildman–Crippen MR) is 116 cm³/mol. The zero-order valence-electron chi connectivity index (χ0n) is 17.3. The van der Waals surface area contributed by atoms with Crippen molar-refractivity contribution in [1.29, 1.82) is 0 Å². The number of nitrogens with two attached hydrogens (primary N) is 1. The highest BCUT2D eigenvalue weighted by Gasteiger charge is 2.39. The minimum atomic E-state index is -2.87. The van der Waals surface area contributed by atoms with Crippen LogP contribution in [-0.2, 0) is 5.54 Å². The van der Waals surface area contributed by atoms with Crippen molar-refractivity contribution in [2.45, 2.75) is 31.9 Å². The van der Waals surface area contributed by atoms with Crippen molar-refractivity contribution in [3.63, 3.8) is 0 Å². The Labute approximate surface area is 179 Å². The van der Waals surface area contributed by atoms with E-state index in [0.29, 0.717) is 24.4 Å². The smallest absolute Gasteiger partial charge is 0.387 e. The van der Waals surface area contributed by atoms with Gasteiger partial charge in [0.15, 0.2) is 0 Å². The third-order valence-electron chi connectivity index (χ3n) is 5.57. The van der Waals surface area contributed by atoms with Gasteiger partial charge in [0.25, 0.3) is 0 Å². The first-order valence-electron chi connectivity index (χ1n) is 9.91. The Hall–Kier alpha value is -3.48. The average Bonchev–Trinajstić information content (AvgIpc) is 3.16. The van der Waals surface area contributed by atoms with Crippen LogP contribution in [0.3, 0.4) is 0 Å². The number of alkyl halides is 2. The van der Waals surface area contributed by atoms with Crippen LogP contribution < -0.4 is 15.2 Å². The standard InChI is InChI=1S/C24H23F2N3O2/c1-15-10-19(31-23(25)26)6-7-21(15)24(9-8-22(27)29-24)18-5-3-4-16(11-18)17-12-20(30-2)14-28-13-17/h3-7,10-14,23H,8-9H2,1-2H3,(H2,27,29). The van der Waals surface area contributed by atoms with E-state index in [1.54, 1.807) is 37.7 Å². The average molecular weight is 423 g/mol. The molecule has 0 amide bonds. The van der Waals surface area contributed by atoms with Gasteiger partial charge in [0, 0.05) is 18.2 Å². The first kappa shape index (κ1) is 20.8. The van der Waals surface area contributed by atoms with E-state index in [-0.39, 0.29) is 5.75 Å². The molecule has 1 aliphatic heterocycles. The molecule has 1 aliphatic rings. The number of aromatic nitrogens is 1. The number of nitrogens with zero attached hydrogens (tertiary/aromatic N) is 2. The number of benzene rings is 2. The summed E-state index contributed by atoms with van der Waals surface area (Å²) in [5.41, 5.74) is 10.0. The lowest BCUT2D eigenvalue weighted by molar-refractivity contribution is -0.0498. The molecule has 0 fully saturated rings. The number of ether oxygens (including phenoxy) is 2. The van der Waals surface area contributed by atoms with Crippen LogP contribution >= 0.6 is 0 Å². The van der Waals surface area contributed by atoms with Gasteiger partial charge in [0.1, 0.15) is 17.0 Å². The van der Waals surface area contributed by atoms with E-state index in [1.165, 1.54) is 0 Å². The maximum Gasteiger partial charge on any atom is 0.387 e. The van der Waals surface area contributed by atoms with Gasteiger partial charge in [-0.2, -0.15) is 8.78 Å². The molecule has 0 radical (unpaired) electrons. The van der Waals surface area contributed by atoms with Crippen LogP contribution in [0.1, 0.15) is 29.5 Å². The molecule has 1 unspecified atom stereocenters. The molecule has 0 bridgehead atoms. The van der Waals surface area contributed by atoms with E-state index in [9.17, 15) is 8.78 Å². The zero-order chi connectivity index (χ0) is 22.0. The summed E-state index contributed by atoms with van der Waals surface area (Å²) in [6.45, 7) is -0.998. The summed E-state index contributed by atoms with van der Waals surface area (Å²) in [6, 6.07) is 15.0. The van der Waals surface area contributed by atoms with Gasteiger partial charge in [-0.15, -0.1) is 0 Å². The van der Waals surface area contributed by atoms with Crippen molar-refractivity contribution in [3.05, 3.63) is 77.6 Å². The fraction of sp³-hybridized carbons (Fsp3) is 0.250. The minimum absolute atomic E-state index is 0.123.